The first-order chi connectivity index (χ1) is 9.15. The van der Waals surface area contributed by atoms with Crippen molar-refractivity contribution in [2.45, 2.75) is 25.1 Å². The molecular weight excluding hydrogens is 282 g/mol. The van der Waals surface area contributed by atoms with E-state index < -0.39 is 10.8 Å². The SMILES string of the molecule is CCCNC(COC)CS(=O)Cc1ccc(Cl)cc1. The van der Waals surface area contributed by atoms with Crippen LogP contribution in [0.2, 0.25) is 5.02 Å². The standard InChI is InChI=1S/C14H22ClNO2S/c1-3-8-16-14(9-18-2)11-19(17)10-12-4-6-13(15)7-5-12/h4-7,14,16H,3,8-11H2,1-2H3. The molecule has 0 aromatic heterocycles. The lowest BCUT2D eigenvalue weighted by Gasteiger charge is -2.17. The van der Waals surface area contributed by atoms with Crippen LogP contribution in [-0.4, -0.2) is 36.3 Å². The van der Waals surface area contributed by atoms with Gasteiger partial charge in [-0.2, -0.15) is 0 Å². The van der Waals surface area contributed by atoms with Gasteiger partial charge < -0.3 is 10.1 Å². The van der Waals surface area contributed by atoms with E-state index in [9.17, 15) is 4.21 Å². The predicted octanol–water partition coefficient (Wildman–Crippen LogP) is 2.60. The Morgan fingerprint density at radius 3 is 2.63 bits per heavy atom. The number of ether oxygens (including phenoxy) is 1. The minimum atomic E-state index is -0.898. The number of hydrogen-bond donors (Lipinski definition) is 1. The molecule has 3 nitrogen and oxygen atoms in total. The van der Waals surface area contributed by atoms with Gasteiger partial charge in [-0.3, -0.25) is 4.21 Å². The first-order valence-electron chi connectivity index (χ1n) is 6.47. The van der Waals surface area contributed by atoms with Gasteiger partial charge in [-0.1, -0.05) is 30.7 Å². The molecule has 0 fully saturated rings. The van der Waals surface area contributed by atoms with Gasteiger partial charge in [0.05, 0.1) is 6.61 Å². The van der Waals surface area contributed by atoms with Crippen LogP contribution < -0.4 is 5.32 Å². The summed E-state index contributed by atoms with van der Waals surface area (Å²) in [7, 11) is 0.771. The smallest absolute Gasteiger partial charge is 0.0624 e. The van der Waals surface area contributed by atoms with Gasteiger partial charge in [0.1, 0.15) is 0 Å². The third-order valence-corrected chi connectivity index (χ3v) is 4.36. The van der Waals surface area contributed by atoms with Gasteiger partial charge in [0.25, 0.3) is 0 Å². The fourth-order valence-corrected chi connectivity index (χ4v) is 3.24. The van der Waals surface area contributed by atoms with Crippen LogP contribution in [0.3, 0.4) is 0 Å². The second kappa shape index (κ2) is 9.48. The third-order valence-electron chi connectivity index (χ3n) is 2.68. The van der Waals surface area contributed by atoms with Crippen LogP contribution in [0.5, 0.6) is 0 Å². The van der Waals surface area contributed by atoms with E-state index in [4.69, 9.17) is 16.3 Å². The molecule has 1 aromatic rings. The molecule has 1 N–H and O–H groups in total. The van der Waals surface area contributed by atoms with Crippen molar-refractivity contribution >= 4 is 22.4 Å². The van der Waals surface area contributed by atoms with E-state index >= 15 is 0 Å². The molecule has 2 unspecified atom stereocenters. The molecular formula is C14H22ClNO2S. The van der Waals surface area contributed by atoms with Crippen LogP contribution in [-0.2, 0) is 21.3 Å². The van der Waals surface area contributed by atoms with Crippen molar-refractivity contribution in [3.63, 3.8) is 0 Å². The lowest BCUT2D eigenvalue weighted by Crippen LogP contribution is -2.38. The number of nitrogens with one attached hydrogen (secondary N) is 1. The van der Waals surface area contributed by atoms with E-state index in [1.807, 2.05) is 24.3 Å². The van der Waals surface area contributed by atoms with Crippen LogP contribution in [0.4, 0.5) is 0 Å². The summed E-state index contributed by atoms with van der Waals surface area (Å²) in [5, 5.41) is 4.06. The molecule has 0 bridgehead atoms. The summed E-state index contributed by atoms with van der Waals surface area (Å²) in [6.07, 6.45) is 1.06. The summed E-state index contributed by atoms with van der Waals surface area (Å²) in [4.78, 5) is 0. The fourth-order valence-electron chi connectivity index (χ4n) is 1.77. The molecule has 0 heterocycles. The van der Waals surface area contributed by atoms with Gasteiger partial charge in [0.2, 0.25) is 0 Å². The summed E-state index contributed by atoms with van der Waals surface area (Å²) in [5.74, 6) is 1.17. The molecule has 0 aliphatic heterocycles. The van der Waals surface area contributed by atoms with E-state index in [0.717, 1.165) is 18.5 Å². The van der Waals surface area contributed by atoms with Crippen molar-refractivity contribution in [3.8, 4) is 0 Å². The van der Waals surface area contributed by atoms with Crippen LogP contribution >= 0.6 is 11.6 Å². The highest BCUT2D eigenvalue weighted by atomic mass is 35.5. The molecule has 0 amide bonds. The highest BCUT2D eigenvalue weighted by molar-refractivity contribution is 7.84. The largest absolute Gasteiger partial charge is 0.383 e. The molecule has 0 spiro atoms. The summed E-state index contributed by atoms with van der Waals surface area (Å²) in [5.41, 5.74) is 1.05. The Balaban J connectivity index is 2.45. The number of halogens is 1. The van der Waals surface area contributed by atoms with Gasteiger partial charge in [-0.15, -0.1) is 0 Å². The maximum Gasteiger partial charge on any atom is 0.0624 e. The zero-order chi connectivity index (χ0) is 14.1. The maximum atomic E-state index is 12.1. The Hall–Kier alpha value is -0.420. The Morgan fingerprint density at radius 1 is 1.37 bits per heavy atom. The highest BCUT2D eigenvalue weighted by Crippen LogP contribution is 2.11. The Bertz CT molecular complexity index is 384. The molecule has 108 valence electrons. The highest BCUT2D eigenvalue weighted by Gasteiger charge is 2.12. The molecule has 1 aromatic carbocycles. The van der Waals surface area contributed by atoms with Crippen LogP contribution in [0, 0.1) is 0 Å². The van der Waals surface area contributed by atoms with Gasteiger partial charge in [-0.25, -0.2) is 0 Å². The first kappa shape index (κ1) is 16.6. The van der Waals surface area contributed by atoms with E-state index in [-0.39, 0.29) is 6.04 Å². The number of methoxy groups -OCH3 is 1. The fraction of sp³-hybridized carbons (Fsp3) is 0.571. The van der Waals surface area contributed by atoms with E-state index in [0.29, 0.717) is 23.1 Å². The molecule has 2 atom stereocenters. The molecule has 19 heavy (non-hydrogen) atoms. The molecule has 0 aliphatic carbocycles. The normalized spacial score (nSPS) is 14.3. The first-order valence-corrected chi connectivity index (χ1v) is 8.34. The quantitative estimate of drug-likeness (QED) is 0.762. The zero-order valence-electron chi connectivity index (χ0n) is 11.5. The van der Waals surface area contributed by atoms with Crippen LogP contribution in [0.15, 0.2) is 24.3 Å². The number of benzene rings is 1. The molecule has 0 radical (unpaired) electrons. The van der Waals surface area contributed by atoms with Crippen molar-refractivity contribution in [3.05, 3.63) is 34.9 Å². The second-order valence-electron chi connectivity index (χ2n) is 4.48. The monoisotopic (exact) mass is 303 g/mol. The lowest BCUT2D eigenvalue weighted by molar-refractivity contribution is 0.173. The molecule has 0 aliphatic rings. The minimum absolute atomic E-state index is 0.151. The maximum absolute atomic E-state index is 12.1. The second-order valence-corrected chi connectivity index (χ2v) is 6.42. The third kappa shape index (κ3) is 7.06. The van der Waals surface area contributed by atoms with Crippen molar-refractivity contribution in [2.24, 2.45) is 0 Å². The average molecular weight is 304 g/mol. The lowest BCUT2D eigenvalue weighted by atomic mass is 10.2. The van der Waals surface area contributed by atoms with Gasteiger partial charge in [0, 0.05) is 40.5 Å². The number of rotatable bonds is 9. The Morgan fingerprint density at radius 2 is 2.05 bits per heavy atom. The van der Waals surface area contributed by atoms with Crippen LogP contribution in [0.25, 0.3) is 0 Å². The predicted molar refractivity (Wildman–Crippen MR) is 82.1 cm³/mol. The van der Waals surface area contributed by atoms with Gasteiger partial charge in [-0.05, 0) is 30.7 Å². The van der Waals surface area contributed by atoms with Crippen molar-refractivity contribution in [1.82, 2.24) is 5.32 Å². The minimum Gasteiger partial charge on any atom is -0.383 e. The molecule has 5 heteroatoms. The van der Waals surface area contributed by atoms with E-state index in [2.05, 4.69) is 12.2 Å². The van der Waals surface area contributed by atoms with Crippen molar-refractivity contribution in [1.29, 1.82) is 0 Å². The Labute approximate surface area is 123 Å². The zero-order valence-corrected chi connectivity index (χ0v) is 13.1. The van der Waals surface area contributed by atoms with Gasteiger partial charge in [0.15, 0.2) is 0 Å². The average Bonchev–Trinajstić information content (AvgIpc) is 2.39. The number of hydrogen-bond acceptors (Lipinski definition) is 3. The topological polar surface area (TPSA) is 38.3 Å². The summed E-state index contributed by atoms with van der Waals surface area (Å²) >= 11 is 5.83. The van der Waals surface area contributed by atoms with E-state index in [1.54, 1.807) is 7.11 Å². The summed E-state index contributed by atoms with van der Waals surface area (Å²) < 4.78 is 17.3. The van der Waals surface area contributed by atoms with Crippen molar-refractivity contribution in [2.75, 3.05) is 26.0 Å². The van der Waals surface area contributed by atoms with Crippen LogP contribution in [0.1, 0.15) is 18.9 Å². The summed E-state index contributed by atoms with van der Waals surface area (Å²) in [6.45, 7) is 3.63. The summed E-state index contributed by atoms with van der Waals surface area (Å²) in [6, 6.07) is 7.65. The van der Waals surface area contributed by atoms with Crippen molar-refractivity contribution < 1.29 is 8.95 Å². The van der Waals surface area contributed by atoms with E-state index in [1.165, 1.54) is 0 Å². The Kier molecular flexibility index (Phi) is 8.30. The molecule has 1 rings (SSSR count). The van der Waals surface area contributed by atoms with Gasteiger partial charge >= 0.3 is 0 Å². The molecule has 0 saturated heterocycles. The molecule has 0 saturated carbocycles.